The largest absolute Gasteiger partial charge is 0.488 e. The number of rotatable bonds is 6. The number of carbonyl (C=O) groups is 1. The smallest absolute Gasteiger partial charge is 0.337 e. The summed E-state index contributed by atoms with van der Waals surface area (Å²) in [5.74, 6) is -0.0678. The van der Waals surface area contributed by atoms with E-state index in [4.69, 9.17) is 4.74 Å². The van der Waals surface area contributed by atoms with E-state index in [1.54, 1.807) is 43.3 Å². The predicted octanol–water partition coefficient (Wildman–Crippen LogP) is 3.48. The first-order valence-corrected chi connectivity index (χ1v) is 6.94. The molecule has 0 aliphatic carbocycles. The zero-order valence-electron chi connectivity index (χ0n) is 12.9. The summed E-state index contributed by atoms with van der Waals surface area (Å²) < 4.78 is 23.0. The van der Waals surface area contributed by atoms with E-state index in [2.05, 4.69) is 15.3 Å². The molecular weight excluding hydrogens is 299 g/mol. The molecule has 0 saturated heterocycles. The number of methoxy groups -OCH3 is 1. The molecule has 2 aromatic rings. The quantitative estimate of drug-likeness (QED) is 0.503. The highest BCUT2D eigenvalue weighted by Crippen LogP contribution is 2.13. The Hall–Kier alpha value is -2.89. The van der Waals surface area contributed by atoms with E-state index in [-0.39, 0.29) is 12.4 Å². The van der Waals surface area contributed by atoms with Crippen molar-refractivity contribution in [3.63, 3.8) is 0 Å². The maximum Gasteiger partial charge on any atom is 0.337 e. The zero-order chi connectivity index (χ0) is 16.7. The van der Waals surface area contributed by atoms with Gasteiger partial charge < -0.3 is 9.47 Å². The Balaban J connectivity index is 1.85. The van der Waals surface area contributed by atoms with Crippen molar-refractivity contribution in [3.05, 3.63) is 59.9 Å². The van der Waals surface area contributed by atoms with Crippen LogP contribution < -0.4 is 10.2 Å². The van der Waals surface area contributed by atoms with Gasteiger partial charge in [-0.15, -0.1) is 0 Å². The highest BCUT2D eigenvalue weighted by Gasteiger charge is 2.04. The van der Waals surface area contributed by atoms with E-state index in [9.17, 15) is 9.18 Å². The molecule has 0 radical (unpaired) electrons. The van der Waals surface area contributed by atoms with Gasteiger partial charge in [-0.3, -0.25) is 5.43 Å². The van der Waals surface area contributed by atoms with Gasteiger partial charge in [0.1, 0.15) is 18.2 Å². The van der Waals surface area contributed by atoms with E-state index in [1.807, 2.05) is 0 Å². The van der Waals surface area contributed by atoms with Crippen LogP contribution in [-0.4, -0.2) is 25.4 Å². The lowest BCUT2D eigenvalue weighted by molar-refractivity contribution is 0.0600. The third kappa shape index (κ3) is 5.10. The number of hydrogen-bond donors (Lipinski definition) is 1. The number of carbonyl (C=O) groups excluding carboxylic acids is 1. The van der Waals surface area contributed by atoms with Gasteiger partial charge in [-0.2, -0.15) is 5.10 Å². The van der Waals surface area contributed by atoms with Crippen LogP contribution in [0.1, 0.15) is 17.3 Å². The molecule has 23 heavy (non-hydrogen) atoms. The van der Waals surface area contributed by atoms with Crippen LogP contribution in [0.5, 0.6) is 5.75 Å². The Kier molecular flexibility index (Phi) is 5.68. The third-order valence-corrected chi connectivity index (χ3v) is 2.94. The van der Waals surface area contributed by atoms with Crippen molar-refractivity contribution >= 4 is 17.4 Å². The van der Waals surface area contributed by atoms with E-state index < -0.39 is 5.97 Å². The summed E-state index contributed by atoms with van der Waals surface area (Å²) in [7, 11) is 1.33. The van der Waals surface area contributed by atoms with Crippen LogP contribution in [0.15, 0.2) is 53.6 Å². The average Bonchev–Trinajstić information content (AvgIpc) is 2.59. The van der Waals surface area contributed by atoms with Crippen molar-refractivity contribution in [3.8, 4) is 5.75 Å². The maximum absolute atomic E-state index is 12.8. The molecule has 0 aliphatic heterocycles. The van der Waals surface area contributed by atoms with Crippen LogP contribution >= 0.6 is 0 Å². The lowest BCUT2D eigenvalue weighted by atomic mass is 10.2. The number of halogens is 1. The van der Waals surface area contributed by atoms with Crippen molar-refractivity contribution in [2.45, 2.75) is 6.92 Å². The summed E-state index contributed by atoms with van der Waals surface area (Å²) in [4.78, 5) is 11.3. The summed E-state index contributed by atoms with van der Waals surface area (Å²) in [6.45, 7) is 2.09. The Bertz CT molecular complexity index is 682. The molecule has 0 heterocycles. The fraction of sp³-hybridized carbons (Fsp3) is 0.176. The summed E-state index contributed by atoms with van der Waals surface area (Å²) in [5, 5.41) is 4.14. The third-order valence-electron chi connectivity index (χ3n) is 2.94. The van der Waals surface area contributed by atoms with Gasteiger partial charge in [-0.1, -0.05) is 0 Å². The highest BCUT2D eigenvalue weighted by molar-refractivity contribution is 5.89. The minimum absolute atomic E-state index is 0.283. The summed E-state index contributed by atoms with van der Waals surface area (Å²) in [6.07, 6.45) is 0. The SMILES string of the molecule is COC(=O)c1ccc(OCC(C)=NNc2ccc(F)cc2)cc1. The van der Waals surface area contributed by atoms with Gasteiger partial charge in [0.25, 0.3) is 0 Å². The maximum atomic E-state index is 12.8. The summed E-state index contributed by atoms with van der Waals surface area (Å²) in [5.41, 5.74) is 4.68. The zero-order valence-corrected chi connectivity index (χ0v) is 12.9. The van der Waals surface area contributed by atoms with Gasteiger partial charge in [-0.25, -0.2) is 9.18 Å². The molecule has 2 aromatic carbocycles. The molecule has 1 N–H and O–H groups in total. The molecule has 0 fully saturated rings. The van der Waals surface area contributed by atoms with Gasteiger partial charge in [0.15, 0.2) is 0 Å². The Labute approximate surface area is 133 Å². The number of benzene rings is 2. The molecule has 0 amide bonds. The van der Waals surface area contributed by atoms with Crippen molar-refractivity contribution < 1.29 is 18.7 Å². The molecule has 2 rings (SSSR count). The van der Waals surface area contributed by atoms with E-state index in [0.717, 1.165) is 0 Å². The molecule has 0 aromatic heterocycles. The highest BCUT2D eigenvalue weighted by atomic mass is 19.1. The molecule has 0 saturated carbocycles. The molecular formula is C17H17FN2O3. The second-order valence-corrected chi connectivity index (χ2v) is 4.77. The normalized spacial score (nSPS) is 11.0. The molecule has 6 heteroatoms. The number of ether oxygens (including phenoxy) is 2. The van der Waals surface area contributed by atoms with Crippen LogP contribution in [0.3, 0.4) is 0 Å². The van der Waals surface area contributed by atoms with Crippen LogP contribution in [0.4, 0.5) is 10.1 Å². The number of hydrogen-bond acceptors (Lipinski definition) is 5. The molecule has 5 nitrogen and oxygen atoms in total. The number of anilines is 1. The fourth-order valence-corrected chi connectivity index (χ4v) is 1.71. The number of hydrazone groups is 1. The van der Waals surface area contributed by atoms with E-state index >= 15 is 0 Å². The van der Waals surface area contributed by atoms with Crippen molar-refractivity contribution in [2.24, 2.45) is 5.10 Å². The number of nitrogens with zero attached hydrogens (tertiary/aromatic N) is 1. The van der Waals surface area contributed by atoms with Crippen molar-refractivity contribution in [1.82, 2.24) is 0 Å². The molecule has 0 spiro atoms. The second kappa shape index (κ2) is 7.93. The minimum Gasteiger partial charge on any atom is -0.488 e. The van der Waals surface area contributed by atoms with Crippen LogP contribution in [-0.2, 0) is 4.74 Å². The van der Waals surface area contributed by atoms with Gasteiger partial charge in [-0.05, 0) is 55.5 Å². The fourth-order valence-electron chi connectivity index (χ4n) is 1.71. The van der Waals surface area contributed by atoms with Gasteiger partial charge in [0, 0.05) is 0 Å². The predicted molar refractivity (Wildman–Crippen MR) is 86.4 cm³/mol. The van der Waals surface area contributed by atoms with Crippen LogP contribution in [0.2, 0.25) is 0 Å². The molecule has 120 valence electrons. The van der Waals surface area contributed by atoms with Gasteiger partial charge >= 0.3 is 5.97 Å². The Morgan fingerprint density at radius 3 is 2.39 bits per heavy atom. The summed E-state index contributed by atoms with van der Waals surface area (Å²) >= 11 is 0. The number of esters is 1. The first kappa shape index (κ1) is 16.5. The van der Waals surface area contributed by atoms with E-state index in [0.29, 0.717) is 22.7 Å². The van der Waals surface area contributed by atoms with Crippen molar-refractivity contribution in [2.75, 3.05) is 19.1 Å². The summed E-state index contributed by atoms with van der Waals surface area (Å²) in [6, 6.07) is 12.5. The minimum atomic E-state index is -0.391. The Morgan fingerprint density at radius 2 is 1.78 bits per heavy atom. The average molecular weight is 316 g/mol. The lowest BCUT2D eigenvalue weighted by Gasteiger charge is -2.07. The monoisotopic (exact) mass is 316 g/mol. The number of nitrogens with one attached hydrogen (secondary N) is 1. The first-order valence-electron chi connectivity index (χ1n) is 6.94. The van der Waals surface area contributed by atoms with E-state index in [1.165, 1.54) is 19.2 Å². The van der Waals surface area contributed by atoms with Crippen LogP contribution in [0, 0.1) is 5.82 Å². The standard InChI is InChI=1S/C17H17FN2O3/c1-12(19-20-15-7-5-14(18)6-8-15)11-23-16-9-3-13(4-10-16)17(21)22-2/h3-10,20H,11H2,1-2H3. The van der Waals surface area contributed by atoms with Crippen LogP contribution in [0.25, 0.3) is 0 Å². The molecule has 0 aliphatic rings. The first-order chi connectivity index (χ1) is 11.1. The lowest BCUT2D eigenvalue weighted by Crippen LogP contribution is -2.10. The molecule has 0 unspecified atom stereocenters. The van der Waals surface area contributed by atoms with Gasteiger partial charge in [0.2, 0.25) is 0 Å². The molecule has 0 atom stereocenters. The van der Waals surface area contributed by atoms with Gasteiger partial charge in [0.05, 0.1) is 24.1 Å². The second-order valence-electron chi connectivity index (χ2n) is 4.77. The Morgan fingerprint density at radius 1 is 1.13 bits per heavy atom. The topological polar surface area (TPSA) is 59.9 Å². The van der Waals surface area contributed by atoms with Crippen molar-refractivity contribution in [1.29, 1.82) is 0 Å². The molecule has 0 bridgehead atoms.